The molecule has 1 aromatic carbocycles. The molecule has 2 rings (SSSR count). The highest BCUT2D eigenvalue weighted by Crippen LogP contribution is 2.28. The number of rotatable bonds is 5. The predicted molar refractivity (Wildman–Crippen MR) is 89.9 cm³/mol. The summed E-state index contributed by atoms with van der Waals surface area (Å²) in [6.45, 7) is 9.58. The molecule has 0 spiro atoms. The molecule has 1 saturated heterocycles. The summed E-state index contributed by atoms with van der Waals surface area (Å²) in [5, 5.41) is 3.75. The molecule has 0 radical (unpaired) electrons. The van der Waals surface area contributed by atoms with E-state index in [0.29, 0.717) is 10.5 Å². The summed E-state index contributed by atoms with van der Waals surface area (Å²) in [5.41, 5.74) is 1.24. The molecule has 1 unspecified atom stereocenters. The third kappa shape index (κ3) is 3.66. The first-order valence-corrected chi connectivity index (χ1v) is 8.76. The largest absolute Gasteiger partial charge is 0.308 e. The van der Waals surface area contributed by atoms with Crippen LogP contribution in [-0.2, 0) is 6.54 Å². The van der Waals surface area contributed by atoms with Crippen molar-refractivity contribution in [1.29, 1.82) is 0 Å². The maximum atomic E-state index is 13.7. The van der Waals surface area contributed by atoms with Gasteiger partial charge >= 0.3 is 0 Å². The molecule has 1 heterocycles. The Morgan fingerprint density at radius 1 is 1.33 bits per heavy atom. The minimum Gasteiger partial charge on any atom is -0.308 e. The lowest BCUT2D eigenvalue weighted by Crippen LogP contribution is -2.63. The van der Waals surface area contributed by atoms with Crippen molar-refractivity contribution < 1.29 is 4.39 Å². The molecule has 118 valence electrons. The Balaban J connectivity index is 2.20. The zero-order valence-electron chi connectivity index (χ0n) is 13.3. The summed E-state index contributed by atoms with van der Waals surface area (Å²) >= 11 is 3.39. The minimum absolute atomic E-state index is 0.173. The quantitative estimate of drug-likeness (QED) is 0.844. The van der Waals surface area contributed by atoms with Gasteiger partial charge in [-0.2, -0.15) is 0 Å². The molecule has 21 heavy (non-hydrogen) atoms. The molecule has 0 amide bonds. The fraction of sp³-hybridized carbons (Fsp3) is 0.647. The van der Waals surface area contributed by atoms with Crippen molar-refractivity contribution in [3.8, 4) is 0 Å². The Labute approximate surface area is 136 Å². The Kier molecular flexibility index (Phi) is 5.81. The second-order valence-electron chi connectivity index (χ2n) is 6.05. The minimum atomic E-state index is -0.173. The van der Waals surface area contributed by atoms with E-state index in [4.69, 9.17) is 0 Å². The first kappa shape index (κ1) is 16.9. The summed E-state index contributed by atoms with van der Waals surface area (Å²) in [5.74, 6) is -0.173. The van der Waals surface area contributed by atoms with E-state index < -0.39 is 0 Å². The Hall–Kier alpha value is -0.450. The monoisotopic (exact) mass is 356 g/mol. The Morgan fingerprint density at radius 2 is 2.05 bits per heavy atom. The molecule has 1 aliphatic rings. The van der Waals surface area contributed by atoms with Crippen molar-refractivity contribution >= 4 is 15.9 Å². The van der Waals surface area contributed by atoms with Gasteiger partial charge < -0.3 is 5.32 Å². The fourth-order valence-electron chi connectivity index (χ4n) is 3.24. The van der Waals surface area contributed by atoms with Crippen LogP contribution in [0.2, 0.25) is 0 Å². The van der Waals surface area contributed by atoms with E-state index in [9.17, 15) is 4.39 Å². The van der Waals surface area contributed by atoms with Gasteiger partial charge in [-0.15, -0.1) is 0 Å². The standard InChI is InChI=1S/C17H26BrFN2/c1-4-14-10-20-17(5-2,6-3)12-21(14)11-13-8-7-9-15(19)16(13)18/h7-9,14,20H,4-6,10-12H2,1-3H3. The van der Waals surface area contributed by atoms with E-state index >= 15 is 0 Å². The molecule has 0 saturated carbocycles. The smallest absolute Gasteiger partial charge is 0.137 e. The van der Waals surface area contributed by atoms with E-state index in [-0.39, 0.29) is 11.4 Å². The SMILES string of the molecule is CCC1CNC(CC)(CC)CN1Cc1cccc(F)c1Br. The van der Waals surface area contributed by atoms with E-state index in [1.54, 1.807) is 6.07 Å². The van der Waals surface area contributed by atoms with Crippen LogP contribution in [0.5, 0.6) is 0 Å². The number of halogens is 2. The van der Waals surface area contributed by atoms with Crippen LogP contribution in [0.3, 0.4) is 0 Å². The summed E-state index contributed by atoms with van der Waals surface area (Å²) in [7, 11) is 0. The van der Waals surface area contributed by atoms with Gasteiger partial charge in [-0.25, -0.2) is 4.39 Å². The lowest BCUT2D eigenvalue weighted by molar-refractivity contribution is 0.0641. The van der Waals surface area contributed by atoms with Gasteiger partial charge in [0.2, 0.25) is 0 Å². The molecule has 1 aromatic rings. The zero-order valence-corrected chi connectivity index (χ0v) is 14.8. The van der Waals surface area contributed by atoms with Crippen LogP contribution in [0.1, 0.15) is 45.6 Å². The van der Waals surface area contributed by atoms with E-state index in [1.165, 1.54) is 6.07 Å². The number of nitrogens with zero attached hydrogens (tertiary/aromatic N) is 1. The van der Waals surface area contributed by atoms with Gasteiger partial charge in [-0.05, 0) is 46.8 Å². The number of nitrogens with one attached hydrogen (secondary N) is 1. The highest BCUT2D eigenvalue weighted by molar-refractivity contribution is 9.10. The van der Waals surface area contributed by atoms with Crippen molar-refractivity contribution in [1.82, 2.24) is 10.2 Å². The number of piperazine rings is 1. The van der Waals surface area contributed by atoms with E-state index in [2.05, 4.69) is 46.9 Å². The first-order valence-electron chi connectivity index (χ1n) is 7.97. The Bertz CT molecular complexity index is 474. The molecule has 1 N–H and O–H groups in total. The molecule has 2 nitrogen and oxygen atoms in total. The highest BCUT2D eigenvalue weighted by Gasteiger charge is 2.36. The van der Waals surface area contributed by atoms with Gasteiger partial charge in [0.15, 0.2) is 0 Å². The lowest BCUT2D eigenvalue weighted by Gasteiger charge is -2.47. The van der Waals surface area contributed by atoms with Crippen LogP contribution in [0.25, 0.3) is 0 Å². The molecule has 1 fully saturated rings. The van der Waals surface area contributed by atoms with Crippen LogP contribution in [0, 0.1) is 5.82 Å². The summed E-state index contributed by atoms with van der Waals surface area (Å²) in [6.07, 6.45) is 3.37. The van der Waals surface area contributed by atoms with Crippen molar-refractivity contribution in [2.75, 3.05) is 13.1 Å². The van der Waals surface area contributed by atoms with Gasteiger partial charge in [-0.1, -0.05) is 32.9 Å². The highest BCUT2D eigenvalue weighted by atomic mass is 79.9. The molecule has 0 aliphatic carbocycles. The van der Waals surface area contributed by atoms with Gasteiger partial charge in [0.05, 0.1) is 4.47 Å². The third-order valence-electron chi connectivity index (χ3n) is 4.96. The van der Waals surface area contributed by atoms with Crippen molar-refractivity contribution in [2.45, 2.75) is 58.2 Å². The predicted octanol–water partition coefficient (Wildman–Crippen LogP) is 4.33. The van der Waals surface area contributed by atoms with Crippen LogP contribution in [0.15, 0.2) is 22.7 Å². The van der Waals surface area contributed by atoms with Crippen molar-refractivity contribution in [3.63, 3.8) is 0 Å². The molecule has 1 atom stereocenters. The molecule has 0 aromatic heterocycles. The lowest BCUT2D eigenvalue weighted by atomic mass is 9.88. The average molecular weight is 357 g/mol. The molecular formula is C17H26BrFN2. The molecule has 0 bridgehead atoms. The van der Waals surface area contributed by atoms with Crippen molar-refractivity contribution in [3.05, 3.63) is 34.1 Å². The van der Waals surface area contributed by atoms with Crippen LogP contribution in [0.4, 0.5) is 4.39 Å². The maximum absolute atomic E-state index is 13.7. The zero-order chi connectivity index (χ0) is 15.5. The normalized spacial score (nSPS) is 22.4. The van der Waals surface area contributed by atoms with Crippen molar-refractivity contribution in [2.24, 2.45) is 0 Å². The first-order chi connectivity index (χ1) is 10.0. The Morgan fingerprint density at radius 3 is 2.67 bits per heavy atom. The van der Waals surface area contributed by atoms with Gasteiger partial charge in [-0.3, -0.25) is 4.90 Å². The fourth-order valence-corrected chi connectivity index (χ4v) is 3.63. The number of benzene rings is 1. The van der Waals surface area contributed by atoms with Gasteiger partial charge in [0.25, 0.3) is 0 Å². The number of hydrogen-bond donors (Lipinski definition) is 1. The van der Waals surface area contributed by atoms with Crippen LogP contribution in [-0.4, -0.2) is 29.6 Å². The average Bonchev–Trinajstić information content (AvgIpc) is 2.51. The third-order valence-corrected chi connectivity index (χ3v) is 5.85. The summed E-state index contributed by atoms with van der Waals surface area (Å²) in [4.78, 5) is 2.52. The topological polar surface area (TPSA) is 15.3 Å². The van der Waals surface area contributed by atoms with Gasteiger partial charge in [0, 0.05) is 31.2 Å². The van der Waals surface area contributed by atoms with Crippen LogP contribution >= 0.6 is 15.9 Å². The van der Waals surface area contributed by atoms with E-state index in [1.807, 2.05) is 6.07 Å². The van der Waals surface area contributed by atoms with Crippen LogP contribution < -0.4 is 5.32 Å². The second-order valence-corrected chi connectivity index (χ2v) is 6.84. The summed E-state index contributed by atoms with van der Waals surface area (Å²) < 4.78 is 14.3. The van der Waals surface area contributed by atoms with Gasteiger partial charge in [0.1, 0.15) is 5.82 Å². The molecule has 1 aliphatic heterocycles. The molecular weight excluding hydrogens is 331 g/mol. The molecule has 4 heteroatoms. The number of hydrogen-bond acceptors (Lipinski definition) is 2. The second kappa shape index (κ2) is 7.21. The van der Waals surface area contributed by atoms with E-state index in [0.717, 1.165) is 44.5 Å². The maximum Gasteiger partial charge on any atom is 0.137 e. The summed E-state index contributed by atoms with van der Waals surface area (Å²) in [6, 6.07) is 5.84.